The lowest BCUT2D eigenvalue weighted by Crippen LogP contribution is -2.39. The van der Waals surface area contributed by atoms with Crippen LogP contribution in [-0.2, 0) is 0 Å². The van der Waals surface area contributed by atoms with Crippen molar-refractivity contribution in [3.63, 3.8) is 0 Å². The zero-order valence-corrected chi connectivity index (χ0v) is 7.82. The van der Waals surface area contributed by atoms with E-state index in [-0.39, 0.29) is 0 Å². The second kappa shape index (κ2) is 3.90. The molecule has 0 amide bonds. The molecule has 0 bridgehead atoms. The number of rotatable bonds is 1. The highest BCUT2D eigenvalue weighted by atomic mass is 15.4. The minimum atomic E-state index is 0.639. The summed E-state index contributed by atoms with van der Waals surface area (Å²) in [6, 6.07) is 10.7. The third kappa shape index (κ3) is 2.08. The first kappa shape index (κ1) is 8.73. The summed E-state index contributed by atoms with van der Waals surface area (Å²) in [5.74, 6) is 6.43. The van der Waals surface area contributed by atoms with Crippen LogP contribution in [0.2, 0.25) is 0 Å². The number of benzene rings is 1. The minimum Gasteiger partial charge on any atom is -0.269 e. The highest BCUT2D eigenvalue weighted by molar-refractivity contribution is 5.20. The van der Waals surface area contributed by atoms with E-state index >= 15 is 0 Å². The maximum Gasteiger partial charge on any atom is 0.0197 e. The van der Waals surface area contributed by atoms with Gasteiger partial charge in [0.2, 0.25) is 0 Å². The Kier molecular flexibility index (Phi) is 2.62. The maximum atomic E-state index is 5.80. The molecule has 0 radical (unpaired) electrons. The summed E-state index contributed by atoms with van der Waals surface area (Å²) in [5, 5.41) is 1.93. The Bertz CT molecular complexity index is 258. The van der Waals surface area contributed by atoms with Crippen molar-refractivity contribution in [2.45, 2.75) is 18.8 Å². The summed E-state index contributed by atoms with van der Waals surface area (Å²) in [5.41, 5.74) is 1.43. The van der Waals surface area contributed by atoms with Crippen LogP contribution in [0, 0.1) is 0 Å². The number of hydrogen-bond donors (Lipinski definition) is 1. The van der Waals surface area contributed by atoms with Gasteiger partial charge in [-0.2, -0.15) is 0 Å². The summed E-state index contributed by atoms with van der Waals surface area (Å²) in [6.07, 6.45) is 2.49. The van der Waals surface area contributed by atoms with Gasteiger partial charge in [-0.25, -0.2) is 5.01 Å². The molecule has 0 spiro atoms. The van der Waals surface area contributed by atoms with Crippen molar-refractivity contribution >= 4 is 0 Å². The van der Waals surface area contributed by atoms with Gasteiger partial charge in [0.25, 0.3) is 0 Å². The van der Waals surface area contributed by atoms with Gasteiger partial charge in [-0.1, -0.05) is 30.3 Å². The van der Waals surface area contributed by atoms with Crippen molar-refractivity contribution < 1.29 is 0 Å². The minimum absolute atomic E-state index is 0.639. The molecule has 1 aliphatic heterocycles. The molecule has 0 aliphatic carbocycles. The van der Waals surface area contributed by atoms with Crippen LogP contribution in [0.3, 0.4) is 0 Å². The number of hydrogen-bond acceptors (Lipinski definition) is 2. The standard InChI is InChI=1S/C11H16N2/c12-13-8-4-7-11(9-13)10-5-2-1-3-6-10/h1-3,5-6,11H,4,7-9,12H2/t11-/m1/s1. The Labute approximate surface area is 79.3 Å². The van der Waals surface area contributed by atoms with Gasteiger partial charge in [0, 0.05) is 13.1 Å². The monoisotopic (exact) mass is 176 g/mol. The van der Waals surface area contributed by atoms with Crippen molar-refractivity contribution in [3.05, 3.63) is 35.9 Å². The van der Waals surface area contributed by atoms with Gasteiger partial charge in [0.15, 0.2) is 0 Å². The Morgan fingerprint density at radius 1 is 1.23 bits per heavy atom. The molecule has 13 heavy (non-hydrogen) atoms. The predicted octanol–water partition coefficient (Wildman–Crippen LogP) is 1.74. The molecular weight excluding hydrogens is 160 g/mol. The third-order valence-corrected chi connectivity index (χ3v) is 2.72. The number of hydrazine groups is 1. The van der Waals surface area contributed by atoms with E-state index in [1.807, 2.05) is 5.01 Å². The van der Waals surface area contributed by atoms with Crippen molar-refractivity contribution in [2.75, 3.05) is 13.1 Å². The van der Waals surface area contributed by atoms with E-state index in [1.165, 1.54) is 18.4 Å². The molecule has 0 saturated carbocycles. The van der Waals surface area contributed by atoms with Crippen LogP contribution in [0.25, 0.3) is 0 Å². The second-order valence-corrected chi connectivity index (χ2v) is 3.74. The second-order valence-electron chi connectivity index (χ2n) is 3.74. The Morgan fingerprint density at radius 3 is 2.69 bits per heavy atom. The van der Waals surface area contributed by atoms with Crippen molar-refractivity contribution in [1.82, 2.24) is 5.01 Å². The van der Waals surface area contributed by atoms with E-state index in [0.717, 1.165) is 13.1 Å². The zero-order valence-electron chi connectivity index (χ0n) is 7.82. The molecule has 2 heteroatoms. The quantitative estimate of drug-likeness (QED) is 0.660. The molecule has 2 nitrogen and oxygen atoms in total. The van der Waals surface area contributed by atoms with Gasteiger partial charge >= 0.3 is 0 Å². The van der Waals surface area contributed by atoms with E-state index in [4.69, 9.17) is 5.84 Å². The van der Waals surface area contributed by atoms with E-state index < -0.39 is 0 Å². The molecule has 0 unspecified atom stereocenters. The molecule has 2 N–H and O–H groups in total. The van der Waals surface area contributed by atoms with Gasteiger partial charge in [-0.05, 0) is 24.3 Å². The number of nitrogens with zero attached hydrogens (tertiary/aromatic N) is 1. The molecule has 1 heterocycles. The summed E-state index contributed by atoms with van der Waals surface area (Å²) in [4.78, 5) is 0. The van der Waals surface area contributed by atoms with Crippen molar-refractivity contribution in [2.24, 2.45) is 5.84 Å². The van der Waals surface area contributed by atoms with Crippen LogP contribution in [0.5, 0.6) is 0 Å². The van der Waals surface area contributed by atoms with Crippen LogP contribution < -0.4 is 5.84 Å². The van der Waals surface area contributed by atoms with E-state index in [1.54, 1.807) is 0 Å². The third-order valence-electron chi connectivity index (χ3n) is 2.72. The molecule has 1 atom stereocenters. The Hall–Kier alpha value is -0.860. The van der Waals surface area contributed by atoms with Gasteiger partial charge in [-0.3, -0.25) is 5.84 Å². The first-order valence-electron chi connectivity index (χ1n) is 4.91. The fraction of sp³-hybridized carbons (Fsp3) is 0.455. The molecule has 70 valence electrons. The number of piperidine rings is 1. The van der Waals surface area contributed by atoms with Crippen molar-refractivity contribution in [1.29, 1.82) is 0 Å². The summed E-state index contributed by atoms with van der Waals surface area (Å²) in [6.45, 7) is 2.05. The molecule has 1 fully saturated rings. The Balaban J connectivity index is 2.08. The zero-order chi connectivity index (χ0) is 9.10. The normalized spacial score (nSPS) is 24.5. The molecule has 0 aromatic heterocycles. The molecular formula is C11H16N2. The smallest absolute Gasteiger partial charge is 0.0197 e. The summed E-state index contributed by atoms with van der Waals surface area (Å²) < 4.78 is 0. The Morgan fingerprint density at radius 2 is 2.00 bits per heavy atom. The SMILES string of the molecule is NN1CCC[C@@H](c2ccccc2)C1. The number of nitrogens with two attached hydrogens (primary N) is 1. The van der Waals surface area contributed by atoms with Crippen LogP contribution in [0.1, 0.15) is 24.3 Å². The van der Waals surface area contributed by atoms with E-state index in [0.29, 0.717) is 5.92 Å². The van der Waals surface area contributed by atoms with Crippen molar-refractivity contribution in [3.8, 4) is 0 Å². The first-order chi connectivity index (χ1) is 6.36. The molecule has 1 saturated heterocycles. The summed E-state index contributed by atoms with van der Waals surface area (Å²) in [7, 11) is 0. The van der Waals surface area contributed by atoms with Gasteiger partial charge < -0.3 is 0 Å². The molecule has 1 aromatic carbocycles. The fourth-order valence-corrected chi connectivity index (χ4v) is 2.00. The van der Waals surface area contributed by atoms with Crippen LogP contribution in [0.4, 0.5) is 0 Å². The lowest BCUT2D eigenvalue weighted by molar-refractivity contribution is 0.213. The average molecular weight is 176 g/mol. The molecule has 2 rings (SSSR count). The van der Waals surface area contributed by atoms with Crippen LogP contribution >= 0.6 is 0 Å². The molecule has 1 aromatic rings. The maximum absolute atomic E-state index is 5.80. The lowest BCUT2D eigenvalue weighted by atomic mass is 9.91. The van der Waals surface area contributed by atoms with Gasteiger partial charge in [0.1, 0.15) is 0 Å². The predicted molar refractivity (Wildman–Crippen MR) is 54.2 cm³/mol. The highest BCUT2D eigenvalue weighted by Gasteiger charge is 2.18. The summed E-state index contributed by atoms with van der Waals surface area (Å²) >= 11 is 0. The van der Waals surface area contributed by atoms with Gasteiger partial charge in [-0.15, -0.1) is 0 Å². The van der Waals surface area contributed by atoms with E-state index in [2.05, 4.69) is 30.3 Å². The van der Waals surface area contributed by atoms with Gasteiger partial charge in [0.05, 0.1) is 0 Å². The lowest BCUT2D eigenvalue weighted by Gasteiger charge is -2.29. The molecule has 1 aliphatic rings. The largest absolute Gasteiger partial charge is 0.269 e. The first-order valence-corrected chi connectivity index (χ1v) is 4.91. The topological polar surface area (TPSA) is 29.3 Å². The average Bonchev–Trinajstić information content (AvgIpc) is 2.19. The van der Waals surface area contributed by atoms with Crippen LogP contribution in [0.15, 0.2) is 30.3 Å². The van der Waals surface area contributed by atoms with Crippen LogP contribution in [-0.4, -0.2) is 18.1 Å². The fourth-order valence-electron chi connectivity index (χ4n) is 2.00. The van der Waals surface area contributed by atoms with E-state index in [9.17, 15) is 0 Å². The highest BCUT2D eigenvalue weighted by Crippen LogP contribution is 2.24.